The molecule has 2 aliphatic heterocycles. The van der Waals surface area contributed by atoms with E-state index in [1.165, 1.54) is 17.7 Å². The summed E-state index contributed by atoms with van der Waals surface area (Å²) in [5.41, 5.74) is 4.93. The van der Waals surface area contributed by atoms with Gasteiger partial charge in [0.25, 0.3) is 0 Å². The zero-order valence-corrected chi connectivity index (χ0v) is 27.1. The van der Waals surface area contributed by atoms with Gasteiger partial charge in [0.15, 0.2) is 0 Å². The average Bonchev–Trinajstić information content (AvgIpc) is 2.96. The number of piperidine rings is 1. The fourth-order valence-corrected chi connectivity index (χ4v) is 4.16. The minimum absolute atomic E-state index is 0. The van der Waals surface area contributed by atoms with Gasteiger partial charge in [0, 0.05) is 35.9 Å². The molecule has 212 valence electrons. The topological polar surface area (TPSA) is 54.0 Å². The van der Waals surface area contributed by atoms with Crippen molar-refractivity contribution in [2.75, 3.05) is 13.1 Å². The summed E-state index contributed by atoms with van der Waals surface area (Å²) in [6.45, 7) is 15.7. The summed E-state index contributed by atoms with van der Waals surface area (Å²) in [7, 11) is 0. The number of allylic oxidation sites excluding steroid dienone is 2. The first-order valence-electron chi connectivity index (χ1n) is 13.5. The summed E-state index contributed by atoms with van der Waals surface area (Å²) in [5, 5.41) is 9.57. The molecule has 41 heavy (non-hydrogen) atoms. The van der Waals surface area contributed by atoms with E-state index in [2.05, 4.69) is 87.3 Å². The Morgan fingerprint density at radius 3 is 1.78 bits per heavy atom. The van der Waals surface area contributed by atoms with Gasteiger partial charge in [0.05, 0.1) is 0 Å². The van der Waals surface area contributed by atoms with E-state index in [1.807, 2.05) is 11.8 Å². The maximum absolute atomic E-state index is 6.51. The molecule has 0 aromatic carbocycles. The van der Waals surface area contributed by atoms with Crippen LogP contribution in [0.1, 0.15) is 65.5 Å². The summed E-state index contributed by atoms with van der Waals surface area (Å²) >= 11 is 0. The van der Waals surface area contributed by atoms with E-state index in [4.69, 9.17) is 23.5 Å². The van der Waals surface area contributed by atoms with Crippen LogP contribution in [0.3, 0.4) is 0 Å². The average molecular weight is 722 g/mol. The summed E-state index contributed by atoms with van der Waals surface area (Å²) in [6.07, 6.45) is 26.6. The SMILES string of the molecule is CC(C)(C)C1=CC[N-]C(C2CC(C(C)(C)C)CC[N-]2)=C1.[C-]#CC#Cc1ccncc1.[C-]#CC#Cc1ccncc1.[Pt+4]. The molecule has 2 aromatic rings. The Kier molecular flexibility index (Phi) is 15.6. The first-order valence-corrected chi connectivity index (χ1v) is 13.5. The molecule has 4 nitrogen and oxygen atoms in total. The summed E-state index contributed by atoms with van der Waals surface area (Å²) in [4.78, 5) is 7.64. The Labute approximate surface area is 263 Å². The molecule has 0 aliphatic carbocycles. The number of hydrogen-bond acceptors (Lipinski definition) is 2. The van der Waals surface area contributed by atoms with Gasteiger partial charge in [0.2, 0.25) is 0 Å². The minimum Gasteiger partial charge on any atom is -0.686 e. The van der Waals surface area contributed by atoms with Crippen molar-refractivity contribution in [2.45, 2.75) is 60.4 Å². The van der Waals surface area contributed by atoms with Gasteiger partial charge in [-0.15, -0.1) is 19.1 Å². The maximum Gasteiger partial charge on any atom is 4.00 e. The normalized spacial score (nSPS) is 17.4. The Morgan fingerprint density at radius 1 is 0.829 bits per heavy atom. The molecule has 5 heteroatoms. The quantitative estimate of drug-likeness (QED) is 0.227. The van der Waals surface area contributed by atoms with Gasteiger partial charge in [0.1, 0.15) is 0 Å². The van der Waals surface area contributed by atoms with E-state index in [1.54, 1.807) is 49.1 Å². The molecular formula is C36H38N4Pt. The van der Waals surface area contributed by atoms with Crippen LogP contribution in [0.25, 0.3) is 10.6 Å². The Morgan fingerprint density at radius 2 is 1.34 bits per heavy atom. The predicted octanol–water partition coefficient (Wildman–Crippen LogP) is 7.47. The van der Waals surface area contributed by atoms with Crippen LogP contribution < -0.4 is 0 Å². The third-order valence-electron chi connectivity index (χ3n) is 6.55. The number of rotatable bonds is 1. The Hall–Kier alpha value is -3.53. The fourth-order valence-electron chi connectivity index (χ4n) is 4.16. The number of hydrogen-bond donors (Lipinski definition) is 0. The van der Waals surface area contributed by atoms with Gasteiger partial charge >= 0.3 is 21.1 Å². The van der Waals surface area contributed by atoms with Crippen molar-refractivity contribution in [2.24, 2.45) is 16.7 Å². The van der Waals surface area contributed by atoms with Crippen molar-refractivity contribution < 1.29 is 21.1 Å². The first-order chi connectivity index (χ1) is 19.0. The van der Waals surface area contributed by atoms with Crippen molar-refractivity contribution in [1.82, 2.24) is 9.97 Å². The van der Waals surface area contributed by atoms with Crippen LogP contribution in [0, 0.1) is 65.1 Å². The van der Waals surface area contributed by atoms with Crippen LogP contribution >= 0.6 is 0 Å². The van der Waals surface area contributed by atoms with Crippen LogP contribution in [-0.4, -0.2) is 29.1 Å². The molecule has 2 unspecified atom stereocenters. The van der Waals surface area contributed by atoms with Gasteiger partial charge in [-0.3, -0.25) is 21.8 Å². The van der Waals surface area contributed by atoms with E-state index >= 15 is 0 Å². The third kappa shape index (κ3) is 13.6. The summed E-state index contributed by atoms with van der Waals surface area (Å²) in [6, 6.07) is 7.45. The van der Waals surface area contributed by atoms with E-state index in [-0.39, 0.29) is 26.5 Å². The molecule has 0 amide bonds. The number of pyridine rings is 2. The Bertz CT molecular complexity index is 1270. The molecule has 0 saturated carbocycles. The molecule has 0 bridgehead atoms. The Balaban J connectivity index is 0.000000337. The van der Waals surface area contributed by atoms with Crippen molar-refractivity contribution in [1.29, 1.82) is 0 Å². The van der Waals surface area contributed by atoms with Crippen molar-refractivity contribution in [3.05, 3.63) is 107 Å². The van der Waals surface area contributed by atoms with Gasteiger partial charge in [-0.2, -0.15) is 17.5 Å². The molecule has 1 saturated heterocycles. The molecular weight excluding hydrogens is 684 g/mol. The monoisotopic (exact) mass is 721 g/mol. The zero-order valence-electron chi connectivity index (χ0n) is 24.9. The number of aromatic nitrogens is 2. The second kappa shape index (κ2) is 18.0. The molecule has 1 fully saturated rings. The molecule has 2 atom stereocenters. The van der Waals surface area contributed by atoms with Gasteiger partial charge in [-0.05, 0) is 46.6 Å². The van der Waals surface area contributed by atoms with Crippen molar-refractivity contribution >= 4 is 0 Å². The second-order valence-electron chi connectivity index (χ2n) is 11.6. The van der Waals surface area contributed by atoms with E-state index in [0.29, 0.717) is 11.5 Å². The molecule has 0 N–H and O–H groups in total. The molecule has 0 spiro atoms. The minimum atomic E-state index is 0. The van der Waals surface area contributed by atoms with Crippen LogP contribution in [0.4, 0.5) is 0 Å². The fraction of sp³-hybridized carbons (Fsp3) is 0.389. The van der Waals surface area contributed by atoms with Gasteiger partial charge < -0.3 is 23.5 Å². The molecule has 0 radical (unpaired) electrons. The molecule has 4 heterocycles. The van der Waals surface area contributed by atoms with E-state index < -0.39 is 0 Å². The zero-order chi connectivity index (χ0) is 29.4. The van der Waals surface area contributed by atoms with Crippen LogP contribution in [0.15, 0.2) is 72.5 Å². The summed E-state index contributed by atoms with van der Waals surface area (Å²) in [5.74, 6) is 14.9. The first kappa shape index (κ1) is 35.5. The predicted molar refractivity (Wildman–Crippen MR) is 165 cm³/mol. The van der Waals surface area contributed by atoms with Gasteiger partial charge in [-0.1, -0.05) is 66.5 Å². The van der Waals surface area contributed by atoms with E-state index in [0.717, 1.165) is 36.6 Å². The number of nitrogens with zero attached hydrogens (tertiary/aromatic N) is 4. The smallest absolute Gasteiger partial charge is 0.686 e. The van der Waals surface area contributed by atoms with Crippen LogP contribution in [0.2, 0.25) is 0 Å². The van der Waals surface area contributed by atoms with E-state index in [9.17, 15) is 0 Å². The maximum atomic E-state index is 6.51. The van der Waals surface area contributed by atoms with Crippen LogP contribution in [-0.2, 0) is 21.1 Å². The third-order valence-corrected chi connectivity index (χ3v) is 6.55. The van der Waals surface area contributed by atoms with Gasteiger partial charge in [-0.25, -0.2) is 11.8 Å². The van der Waals surface area contributed by atoms with Crippen molar-refractivity contribution in [3.8, 4) is 35.5 Å². The standard InChI is InChI=1S/C18H30N2.2C9H4N.Pt/c1-17(2,3)13-7-9-19-15(11-13)16-12-14(8-10-20-16)18(4,5)6;2*1-2-3-4-9-5-7-10-8-6-9;/h7,11,14,16H,8-10,12H2,1-6H3;2*5-8H;/q-2;2*-1;+4. The molecule has 2 aromatic heterocycles. The molecule has 4 rings (SSSR count). The van der Waals surface area contributed by atoms with Crippen LogP contribution in [0.5, 0.6) is 0 Å². The van der Waals surface area contributed by atoms with Crippen molar-refractivity contribution in [3.63, 3.8) is 0 Å². The largest absolute Gasteiger partial charge is 4.00 e. The summed E-state index contributed by atoms with van der Waals surface area (Å²) < 4.78 is 0. The second-order valence-corrected chi connectivity index (χ2v) is 11.6. The molecule has 2 aliphatic rings.